The number of nitrogens with zero attached hydrogens (tertiary/aromatic N) is 1. The van der Waals surface area contributed by atoms with Crippen molar-refractivity contribution in [1.29, 1.82) is 0 Å². The van der Waals surface area contributed by atoms with Gasteiger partial charge in [0.05, 0.1) is 12.5 Å². The number of aliphatic carboxylic acids is 1. The van der Waals surface area contributed by atoms with E-state index >= 15 is 0 Å². The van der Waals surface area contributed by atoms with E-state index in [4.69, 9.17) is 5.11 Å². The van der Waals surface area contributed by atoms with Gasteiger partial charge in [-0.25, -0.2) is 0 Å². The molecule has 0 unspecified atom stereocenters. The number of likely N-dealkylation sites (tertiary alicyclic amines) is 1. The van der Waals surface area contributed by atoms with E-state index in [-0.39, 0.29) is 24.4 Å². The minimum atomic E-state index is -0.877. The Bertz CT molecular complexity index is 559. The Morgan fingerprint density at radius 1 is 1.27 bits per heavy atom. The molecule has 1 aliphatic heterocycles. The molecule has 118 valence electrons. The van der Waals surface area contributed by atoms with Crippen LogP contribution in [0.5, 0.6) is 0 Å². The number of hydrogen-bond donors (Lipinski definition) is 2. The largest absolute Gasteiger partial charge is 0.481 e. The highest BCUT2D eigenvalue weighted by molar-refractivity contribution is 5.96. The molecular formula is C16H20N2O4. The van der Waals surface area contributed by atoms with Crippen LogP contribution in [0.2, 0.25) is 0 Å². The third kappa shape index (κ3) is 3.63. The Hall–Kier alpha value is -2.37. The number of carboxylic acids is 1. The summed E-state index contributed by atoms with van der Waals surface area (Å²) in [5.74, 6) is -1.98. The van der Waals surface area contributed by atoms with Gasteiger partial charge in [-0.15, -0.1) is 0 Å². The number of rotatable bonds is 4. The molecular weight excluding hydrogens is 284 g/mol. The highest BCUT2D eigenvalue weighted by Gasteiger charge is 2.35. The van der Waals surface area contributed by atoms with Crippen molar-refractivity contribution in [3.05, 3.63) is 35.9 Å². The SMILES string of the molecule is C[C@@H]1[C@H](C(=O)O)CCCN1C(=O)CNC(=O)c1ccccc1. The molecule has 1 aromatic rings. The van der Waals surface area contributed by atoms with Crippen LogP contribution in [0.3, 0.4) is 0 Å². The van der Waals surface area contributed by atoms with Gasteiger partial charge in [0.1, 0.15) is 0 Å². The molecule has 0 aromatic heterocycles. The molecule has 2 N–H and O–H groups in total. The maximum absolute atomic E-state index is 12.2. The second-order valence-corrected chi connectivity index (χ2v) is 5.46. The second-order valence-electron chi connectivity index (χ2n) is 5.46. The number of benzene rings is 1. The molecule has 2 amide bonds. The van der Waals surface area contributed by atoms with Gasteiger partial charge < -0.3 is 15.3 Å². The molecule has 2 rings (SSSR count). The number of piperidine rings is 1. The molecule has 1 aromatic carbocycles. The smallest absolute Gasteiger partial charge is 0.308 e. The molecule has 1 fully saturated rings. The Balaban J connectivity index is 1.92. The minimum absolute atomic E-state index is 0.121. The molecule has 0 spiro atoms. The van der Waals surface area contributed by atoms with Crippen LogP contribution in [-0.4, -0.2) is 46.9 Å². The van der Waals surface area contributed by atoms with Crippen molar-refractivity contribution >= 4 is 17.8 Å². The van der Waals surface area contributed by atoms with Crippen molar-refractivity contribution in [2.24, 2.45) is 5.92 Å². The summed E-state index contributed by atoms with van der Waals surface area (Å²) in [4.78, 5) is 36.9. The third-order valence-electron chi connectivity index (χ3n) is 4.06. The van der Waals surface area contributed by atoms with Gasteiger partial charge in [0.15, 0.2) is 0 Å². The molecule has 1 saturated heterocycles. The van der Waals surface area contributed by atoms with Gasteiger partial charge in [-0.1, -0.05) is 18.2 Å². The molecule has 6 nitrogen and oxygen atoms in total. The first-order valence-corrected chi connectivity index (χ1v) is 7.36. The van der Waals surface area contributed by atoms with Crippen LogP contribution in [0, 0.1) is 5.92 Å². The number of hydrogen-bond acceptors (Lipinski definition) is 3. The Kier molecular flexibility index (Phi) is 5.14. The molecule has 0 bridgehead atoms. The first kappa shape index (κ1) is 16.0. The summed E-state index contributed by atoms with van der Waals surface area (Å²) in [6.45, 7) is 2.16. The van der Waals surface area contributed by atoms with Crippen LogP contribution in [-0.2, 0) is 9.59 Å². The Labute approximate surface area is 129 Å². The Morgan fingerprint density at radius 2 is 1.95 bits per heavy atom. The van der Waals surface area contributed by atoms with Gasteiger partial charge in [0, 0.05) is 18.2 Å². The lowest BCUT2D eigenvalue weighted by Gasteiger charge is -2.37. The van der Waals surface area contributed by atoms with Crippen molar-refractivity contribution in [2.45, 2.75) is 25.8 Å². The molecule has 0 aliphatic carbocycles. The van der Waals surface area contributed by atoms with E-state index in [0.29, 0.717) is 24.9 Å². The molecule has 22 heavy (non-hydrogen) atoms. The first-order valence-electron chi connectivity index (χ1n) is 7.36. The minimum Gasteiger partial charge on any atom is -0.481 e. The number of carbonyl (C=O) groups excluding carboxylic acids is 2. The van der Waals surface area contributed by atoms with E-state index in [2.05, 4.69) is 5.32 Å². The summed E-state index contributed by atoms with van der Waals surface area (Å²) in [5.41, 5.74) is 0.491. The van der Waals surface area contributed by atoms with Crippen LogP contribution in [0.15, 0.2) is 30.3 Å². The first-order chi connectivity index (χ1) is 10.5. The van der Waals surface area contributed by atoms with Crippen molar-refractivity contribution in [3.63, 3.8) is 0 Å². The van der Waals surface area contributed by atoms with Crippen molar-refractivity contribution < 1.29 is 19.5 Å². The summed E-state index contributed by atoms with van der Waals surface area (Å²) in [6, 6.07) is 8.30. The van der Waals surface area contributed by atoms with Gasteiger partial charge in [0.2, 0.25) is 5.91 Å². The van der Waals surface area contributed by atoms with Gasteiger partial charge in [-0.05, 0) is 31.9 Å². The lowest BCUT2D eigenvalue weighted by Crippen LogP contribution is -2.51. The van der Waals surface area contributed by atoms with Crippen LogP contribution >= 0.6 is 0 Å². The zero-order valence-electron chi connectivity index (χ0n) is 12.5. The maximum atomic E-state index is 12.2. The molecule has 0 radical (unpaired) electrons. The molecule has 6 heteroatoms. The monoisotopic (exact) mass is 304 g/mol. The zero-order chi connectivity index (χ0) is 16.1. The fraction of sp³-hybridized carbons (Fsp3) is 0.438. The predicted molar refractivity (Wildman–Crippen MR) is 80.3 cm³/mol. The maximum Gasteiger partial charge on any atom is 0.308 e. The summed E-state index contributed by atoms with van der Waals surface area (Å²) >= 11 is 0. The summed E-state index contributed by atoms with van der Waals surface area (Å²) < 4.78 is 0. The Morgan fingerprint density at radius 3 is 2.59 bits per heavy atom. The average Bonchev–Trinajstić information content (AvgIpc) is 2.53. The fourth-order valence-corrected chi connectivity index (χ4v) is 2.77. The molecule has 1 aliphatic rings. The van der Waals surface area contributed by atoms with Crippen molar-refractivity contribution in [2.75, 3.05) is 13.1 Å². The lowest BCUT2D eigenvalue weighted by atomic mass is 9.90. The predicted octanol–water partition coefficient (Wildman–Crippen LogP) is 1.13. The number of carboxylic acid groups (broad SMARTS) is 1. The van der Waals surface area contributed by atoms with E-state index < -0.39 is 11.9 Å². The van der Waals surface area contributed by atoms with E-state index in [1.54, 1.807) is 36.1 Å². The zero-order valence-corrected chi connectivity index (χ0v) is 12.5. The fourth-order valence-electron chi connectivity index (χ4n) is 2.77. The van der Waals surface area contributed by atoms with Crippen LogP contribution in [0.1, 0.15) is 30.1 Å². The van der Waals surface area contributed by atoms with Crippen LogP contribution in [0.25, 0.3) is 0 Å². The number of amides is 2. The van der Waals surface area contributed by atoms with E-state index in [0.717, 1.165) is 0 Å². The third-order valence-corrected chi connectivity index (χ3v) is 4.06. The van der Waals surface area contributed by atoms with E-state index in [1.165, 1.54) is 0 Å². The molecule has 2 atom stereocenters. The number of carbonyl (C=O) groups is 3. The van der Waals surface area contributed by atoms with Crippen molar-refractivity contribution in [1.82, 2.24) is 10.2 Å². The van der Waals surface area contributed by atoms with Gasteiger partial charge in [-0.3, -0.25) is 14.4 Å². The summed E-state index contributed by atoms with van der Waals surface area (Å²) in [7, 11) is 0. The molecule has 1 heterocycles. The van der Waals surface area contributed by atoms with Gasteiger partial charge in [0.25, 0.3) is 5.91 Å². The highest BCUT2D eigenvalue weighted by Crippen LogP contribution is 2.23. The molecule has 0 saturated carbocycles. The highest BCUT2D eigenvalue weighted by atomic mass is 16.4. The van der Waals surface area contributed by atoms with Crippen LogP contribution < -0.4 is 5.32 Å². The van der Waals surface area contributed by atoms with Gasteiger partial charge in [-0.2, -0.15) is 0 Å². The van der Waals surface area contributed by atoms with Crippen LogP contribution in [0.4, 0.5) is 0 Å². The van der Waals surface area contributed by atoms with Gasteiger partial charge >= 0.3 is 5.97 Å². The average molecular weight is 304 g/mol. The summed E-state index contributed by atoms with van der Waals surface area (Å²) in [6.07, 6.45) is 1.25. The quantitative estimate of drug-likeness (QED) is 0.873. The second kappa shape index (κ2) is 7.06. The normalized spacial score (nSPS) is 21.2. The topological polar surface area (TPSA) is 86.7 Å². The lowest BCUT2D eigenvalue weighted by molar-refractivity contribution is -0.148. The standard InChI is InChI=1S/C16H20N2O4/c1-11-13(16(21)22)8-5-9-18(11)14(19)10-17-15(20)12-6-3-2-4-7-12/h2-4,6-7,11,13H,5,8-10H2,1H3,(H,17,20)(H,21,22)/t11-,13-/m1/s1. The summed E-state index contributed by atoms with van der Waals surface area (Å²) in [5, 5.41) is 11.8. The van der Waals surface area contributed by atoms with Crippen molar-refractivity contribution in [3.8, 4) is 0 Å². The van der Waals surface area contributed by atoms with E-state index in [9.17, 15) is 14.4 Å². The van der Waals surface area contributed by atoms with E-state index in [1.807, 2.05) is 6.07 Å². The number of nitrogens with one attached hydrogen (secondary N) is 1.